The summed E-state index contributed by atoms with van der Waals surface area (Å²) in [5.41, 5.74) is 0.480. The van der Waals surface area contributed by atoms with Crippen molar-refractivity contribution in [2.45, 2.75) is 32.2 Å². The van der Waals surface area contributed by atoms with Crippen molar-refractivity contribution in [3.05, 3.63) is 29.6 Å². The maximum absolute atomic E-state index is 13.9. The van der Waals surface area contributed by atoms with Gasteiger partial charge in [-0.2, -0.15) is 0 Å². The van der Waals surface area contributed by atoms with Gasteiger partial charge in [-0.1, -0.05) is 19.8 Å². The molecule has 5 nitrogen and oxygen atoms in total. The van der Waals surface area contributed by atoms with Crippen LogP contribution in [0.1, 0.15) is 36.5 Å². The van der Waals surface area contributed by atoms with Crippen molar-refractivity contribution in [1.29, 1.82) is 0 Å². The lowest BCUT2D eigenvalue weighted by molar-refractivity contribution is -0.139. The molecule has 0 aliphatic rings. The molecule has 2 N–H and O–H groups in total. The van der Waals surface area contributed by atoms with Gasteiger partial charge in [0.05, 0.1) is 5.56 Å². The number of carbonyl (C=O) groups is 2. The molecule has 21 heavy (non-hydrogen) atoms. The van der Waals surface area contributed by atoms with E-state index in [1.165, 1.54) is 12.1 Å². The summed E-state index contributed by atoms with van der Waals surface area (Å²) in [5.74, 6) is -2.48. The number of hydrogen-bond acceptors (Lipinski definition) is 3. The first kappa shape index (κ1) is 16.9. The highest BCUT2D eigenvalue weighted by atomic mass is 19.1. The van der Waals surface area contributed by atoms with E-state index in [9.17, 15) is 14.0 Å². The Labute approximate surface area is 123 Å². The zero-order valence-electron chi connectivity index (χ0n) is 12.5. The van der Waals surface area contributed by atoms with E-state index in [2.05, 4.69) is 5.32 Å². The number of nitrogens with zero attached hydrogens (tertiary/aromatic N) is 1. The summed E-state index contributed by atoms with van der Waals surface area (Å²) < 4.78 is 13.9. The number of hydrogen-bond donors (Lipinski definition) is 2. The maximum Gasteiger partial charge on any atom is 0.326 e. The lowest BCUT2D eigenvalue weighted by Gasteiger charge is -2.16. The normalized spacial score (nSPS) is 11.8. The van der Waals surface area contributed by atoms with Crippen LogP contribution in [-0.2, 0) is 4.79 Å². The van der Waals surface area contributed by atoms with Crippen LogP contribution in [0.15, 0.2) is 18.2 Å². The molecule has 1 aromatic rings. The maximum atomic E-state index is 13.9. The Hall–Kier alpha value is -2.11. The number of unbranched alkanes of at least 4 members (excludes halogenated alkanes) is 1. The van der Waals surface area contributed by atoms with Gasteiger partial charge in [-0.3, -0.25) is 4.79 Å². The summed E-state index contributed by atoms with van der Waals surface area (Å²) >= 11 is 0. The van der Waals surface area contributed by atoms with E-state index in [1.54, 1.807) is 25.1 Å². The molecule has 0 bridgehead atoms. The lowest BCUT2D eigenvalue weighted by Crippen LogP contribution is -2.41. The van der Waals surface area contributed by atoms with Gasteiger partial charge >= 0.3 is 5.97 Å². The summed E-state index contributed by atoms with van der Waals surface area (Å²) in [4.78, 5) is 24.8. The Kier molecular flexibility index (Phi) is 6.14. The predicted molar refractivity (Wildman–Crippen MR) is 79.1 cm³/mol. The second kappa shape index (κ2) is 7.61. The van der Waals surface area contributed by atoms with Crippen molar-refractivity contribution in [3.8, 4) is 0 Å². The zero-order chi connectivity index (χ0) is 16.0. The molecule has 1 unspecified atom stereocenters. The molecular formula is C15H21FN2O3. The Morgan fingerprint density at radius 2 is 2.05 bits per heavy atom. The number of rotatable bonds is 7. The summed E-state index contributed by atoms with van der Waals surface area (Å²) in [6.07, 6.45) is 1.83. The molecule has 6 heteroatoms. The number of nitrogens with one attached hydrogen (secondary N) is 1. The number of aliphatic carboxylic acids is 1. The largest absolute Gasteiger partial charge is 0.480 e. The van der Waals surface area contributed by atoms with Gasteiger partial charge in [-0.15, -0.1) is 0 Å². The van der Waals surface area contributed by atoms with Crippen LogP contribution in [0.2, 0.25) is 0 Å². The predicted octanol–water partition coefficient (Wildman–Crippen LogP) is 2.26. The molecule has 0 fully saturated rings. The van der Waals surface area contributed by atoms with Crippen molar-refractivity contribution in [2.24, 2.45) is 0 Å². The average Bonchev–Trinajstić information content (AvgIpc) is 2.42. The Morgan fingerprint density at radius 1 is 1.38 bits per heavy atom. The van der Waals surface area contributed by atoms with Gasteiger partial charge in [0, 0.05) is 19.8 Å². The van der Waals surface area contributed by atoms with Crippen molar-refractivity contribution >= 4 is 17.6 Å². The first-order valence-corrected chi connectivity index (χ1v) is 6.87. The Morgan fingerprint density at radius 3 is 2.52 bits per heavy atom. The minimum absolute atomic E-state index is 0.150. The van der Waals surface area contributed by atoms with Gasteiger partial charge in [0.15, 0.2) is 0 Å². The van der Waals surface area contributed by atoms with Crippen molar-refractivity contribution in [3.63, 3.8) is 0 Å². The molecule has 0 saturated heterocycles. The van der Waals surface area contributed by atoms with Crippen LogP contribution in [0.4, 0.5) is 10.1 Å². The highest BCUT2D eigenvalue weighted by molar-refractivity contribution is 5.97. The summed E-state index contributed by atoms with van der Waals surface area (Å²) in [5, 5.41) is 11.4. The van der Waals surface area contributed by atoms with Crippen LogP contribution in [0.25, 0.3) is 0 Å². The van der Waals surface area contributed by atoms with Crippen molar-refractivity contribution < 1.29 is 19.1 Å². The highest BCUT2D eigenvalue weighted by Gasteiger charge is 2.21. The Balaban J connectivity index is 2.85. The van der Waals surface area contributed by atoms with Crippen LogP contribution >= 0.6 is 0 Å². The van der Waals surface area contributed by atoms with Crippen LogP contribution in [0, 0.1) is 5.82 Å². The highest BCUT2D eigenvalue weighted by Crippen LogP contribution is 2.17. The summed E-state index contributed by atoms with van der Waals surface area (Å²) in [6.45, 7) is 1.93. The monoisotopic (exact) mass is 296 g/mol. The molecule has 116 valence electrons. The number of amides is 1. The lowest BCUT2D eigenvalue weighted by atomic mass is 10.1. The van der Waals surface area contributed by atoms with E-state index in [0.29, 0.717) is 18.5 Å². The SMILES string of the molecule is CCCCC(NC(=O)c1ccc(N(C)C)cc1F)C(=O)O. The number of carboxylic acids is 1. The van der Waals surface area contributed by atoms with Crippen molar-refractivity contribution in [1.82, 2.24) is 5.32 Å². The van der Waals surface area contributed by atoms with Gasteiger partial charge < -0.3 is 15.3 Å². The van der Waals surface area contributed by atoms with Crippen LogP contribution in [0.5, 0.6) is 0 Å². The molecule has 0 heterocycles. The smallest absolute Gasteiger partial charge is 0.326 e. The van der Waals surface area contributed by atoms with Crippen LogP contribution < -0.4 is 10.2 Å². The van der Waals surface area contributed by atoms with Gasteiger partial charge in [0.1, 0.15) is 11.9 Å². The molecule has 1 atom stereocenters. The van der Waals surface area contributed by atoms with Crippen LogP contribution in [-0.4, -0.2) is 37.1 Å². The number of halogens is 1. The standard InChI is InChI=1S/C15H21FN2O3/c1-4-5-6-13(15(20)21)17-14(19)11-8-7-10(18(2)3)9-12(11)16/h7-9,13H,4-6H2,1-3H3,(H,17,19)(H,20,21). The molecule has 1 amide bonds. The molecule has 0 spiro atoms. The van der Waals surface area contributed by atoms with Gasteiger partial charge in [-0.05, 0) is 24.6 Å². The van der Waals surface area contributed by atoms with E-state index in [1.807, 2.05) is 6.92 Å². The van der Waals surface area contributed by atoms with Gasteiger partial charge in [0.2, 0.25) is 0 Å². The number of carbonyl (C=O) groups excluding carboxylic acids is 1. The molecule has 1 rings (SSSR count). The molecule has 0 aliphatic carbocycles. The number of carboxylic acid groups (broad SMARTS) is 1. The van der Waals surface area contributed by atoms with E-state index in [4.69, 9.17) is 5.11 Å². The zero-order valence-corrected chi connectivity index (χ0v) is 12.5. The first-order valence-electron chi connectivity index (χ1n) is 6.87. The fourth-order valence-electron chi connectivity index (χ4n) is 1.87. The van der Waals surface area contributed by atoms with E-state index in [-0.39, 0.29) is 5.56 Å². The van der Waals surface area contributed by atoms with E-state index < -0.39 is 23.7 Å². The number of benzene rings is 1. The molecular weight excluding hydrogens is 275 g/mol. The molecule has 0 radical (unpaired) electrons. The second-order valence-corrected chi connectivity index (χ2v) is 5.07. The first-order chi connectivity index (χ1) is 9.86. The third-order valence-corrected chi connectivity index (χ3v) is 3.16. The van der Waals surface area contributed by atoms with Crippen LogP contribution in [0.3, 0.4) is 0 Å². The fourth-order valence-corrected chi connectivity index (χ4v) is 1.87. The van der Waals surface area contributed by atoms with Crippen molar-refractivity contribution in [2.75, 3.05) is 19.0 Å². The van der Waals surface area contributed by atoms with Gasteiger partial charge in [0.25, 0.3) is 5.91 Å². The second-order valence-electron chi connectivity index (χ2n) is 5.07. The van der Waals surface area contributed by atoms with E-state index in [0.717, 1.165) is 6.42 Å². The fraction of sp³-hybridized carbons (Fsp3) is 0.467. The molecule has 0 aromatic heterocycles. The molecule has 0 aliphatic heterocycles. The quantitative estimate of drug-likeness (QED) is 0.810. The number of anilines is 1. The topological polar surface area (TPSA) is 69.6 Å². The third kappa shape index (κ3) is 4.73. The third-order valence-electron chi connectivity index (χ3n) is 3.16. The van der Waals surface area contributed by atoms with Gasteiger partial charge in [-0.25, -0.2) is 9.18 Å². The summed E-state index contributed by atoms with van der Waals surface area (Å²) in [7, 11) is 3.53. The summed E-state index contributed by atoms with van der Waals surface area (Å²) in [6, 6.07) is 3.22. The minimum Gasteiger partial charge on any atom is -0.480 e. The average molecular weight is 296 g/mol. The minimum atomic E-state index is -1.11. The molecule has 0 saturated carbocycles. The molecule has 1 aromatic carbocycles. The Bertz CT molecular complexity index is 518. The van der Waals surface area contributed by atoms with E-state index >= 15 is 0 Å².